The van der Waals surface area contributed by atoms with Gasteiger partial charge in [0, 0.05) is 31.9 Å². The van der Waals surface area contributed by atoms with E-state index >= 15 is 0 Å². The van der Waals surface area contributed by atoms with Crippen LogP contribution >= 0.6 is 0 Å². The number of nitrogens with one attached hydrogen (secondary N) is 2. The number of hydrogen-bond acceptors (Lipinski definition) is 4. The van der Waals surface area contributed by atoms with Gasteiger partial charge in [0.2, 0.25) is 10.0 Å². The van der Waals surface area contributed by atoms with Crippen molar-refractivity contribution in [1.82, 2.24) is 14.7 Å². The molecule has 0 saturated heterocycles. The molecule has 0 aliphatic heterocycles. The highest BCUT2D eigenvalue weighted by molar-refractivity contribution is 7.89. The molecule has 7 heteroatoms. The highest BCUT2D eigenvalue weighted by Crippen LogP contribution is 2.18. The molecule has 4 N–H and O–H groups in total. The van der Waals surface area contributed by atoms with Crippen molar-refractivity contribution in [1.29, 1.82) is 0 Å². The maximum Gasteiger partial charge on any atom is 0.240 e. The van der Waals surface area contributed by atoms with Crippen LogP contribution < -0.4 is 10.5 Å². The average Bonchev–Trinajstić information content (AvgIpc) is 2.97. The maximum absolute atomic E-state index is 12.3. The van der Waals surface area contributed by atoms with Crippen molar-refractivity contribution in [2.45, 2.75) is 31.2 Å². The Kier molecular flexibility index (Phi) is 5.11. The molecule has 0 saturated carbocycles. The van der Waals surface area contributed by atoms with Gasteiger partial charge < -0.3 is 10.7 Å². The molecular weight excluding hydrogens is 288 g/mol. The van der Waals surface area contributed by atoms with Crippen LogP contribution in [0.4, 0.5) is 0 Å². The number of benzene rings is 1. The minimum absolute atomic E-state index is 0.295. The number of imidazole rings is 1. The lowest BCUT2D eigenvalue weighted by Gasteiger charge is -2.11. The van der Waals surface area contributed by atoms with Gasteiger partial charge in [-0.1, -0.05) is 12.1 Å². The summed E-state index contributed by atoms with van der Waals surface area (Å²) >= 11 is 0. The summed E-state index contributed by atoms with van der Waals surface area (Å²) in [7, 11) is -3.50. The number of nitrogens with two attached hydrogens (primary N) is 1. The summed E-state index contributed by atoms with van der Waals surface area (Å²) in [6.45, 7) is 2.47. The van der Waals surface area contributed by atoms with E-state index in [9.17, 15) is 8.42 Å². The highest BCUT2D eigenvalue weighted by Gasteiger charge is 2.17. The fraction of sp³-hybridized carbons (Fsp3) is 0.357. The molecule has 0 fully saturated rings. The second kappa shape index (κ2) is 6.84. The second-order valence-electron chi connectivity index (χ2n) is 4.78. The number of sulfonamides is 1. The molecule has 0 bridgehead atoms. The van der Waals surface area contributed by atoms with Crippen LogP contribution in [0.2, 0.25) is 0 Å². The molecule has 0 aliphatic rings. The summed E-state index contributed by atoms with van der Waals surface area (Å²) in [5, 5.41) is 0. The monoisotopic (exact) mass is 308 g/mol. The fourth-order valence-corrected chi connectivity index (χ4v) is 3.51. The number of aromatic amines is 1. The van der Waals surface area contributed by atoms with E-state index in [1.165, 1.54) is 0 Å². The fourth-order valence-electron chi connectivity index (χ4n) is 2.15. The molecule has 1 heterocycles. The Morgan fingerprint density at radius 1 is 1.38 bits per heavy atom. The van der Waals surface area contributed by atoms with Gasteiger partial charge in [0.1, 0.15) is 5.82 Å². The van der Waals surface area contributed by atoms with E-state index in [1.807, 2.05) is 6.07 Å². The lowest BCUT2D eigenvalue weighted by molar-refractivity contribution is 0.577. The summed E-state index contributed by atoms with van der Waals surface area (Å²) in [6.07, 6.45) is 4.82. The second-order valence-corrected chi connectivity index (χ2v) is 6.52. The van der Waals surface area contributed by atoms with Crippen molar-refractivity contribution < 1.29 is 8.42 Å². The van der Waals surface area contributed by atoms with Crippen LogP contribution in [0.5, 0.6) is 0 Å². The third-order valence-corrected chi connectivity index (χ3v) is 4.95. The molecule has 2 rings (SSSR count). The van der Waals surface area contributed by atoms with Gasteiger partial charge in [-0.15, -0.1) is 0 Å². The molecule has 0 amide bonds. The molecule has 1 aromatic carbocycles. The summed E-state index contributed by atoms with van der Waals surface area (Å²) in [4.78, 5) is 7.38. The van der Waals surface area contributed by atoms with E-state index < -0.39 is 10.0 Å². The third-order valence-electron chi connectivity index (χ3n) is 3.34. The number of aryl methyl sites for hydroxylation is 1. The van der Waals surface area contributed by atoms with Gasteiger partial charge in [0.25, 0.3) is 0 Å². The maximum atomic E-state index is 12.3. The highest BCUT2D eigenvalue weighted by atomic mass is 32.2. The van der Waals surface area contributed by atoms with Gasteiger partial charge in [0.05, 0.1) is 4.90 Å². The van der Waals surface area contributed by atoms with Crippen LogP contribution in [-0.2, 0) is 23.0 Å². The van der Waals surface area contributed by atoms with Crippen LogP contribution in [0.1, 0.15) is 23.4 Å². The Morgan fingerprint density at radius 3 is 2.86 bits per heavy atom. The smallest absolute Gasteiger partial charge is 0.240 e. The van der Waals surface area contributed by atoms with Gasteiger partial charge in [0.15, 0.2) is 0 Å². The normalized spacial score (nSPS) is 11.7. The first-order valence-corrected chi connectivity index (χ1v) is 8.29. The summed E-state index contributed by atoms with van der Waals surface area (Å²) < 4.78 is 27.2. The molecule has 0 atom stereocenters. The predicted molar refractivity (Wildman–Crippen MR) is 81.2 cm³/mol. The molecule has 0 spiro atoms. The van der Waals surface area contributed by atoms with Gasteiger partial charge >= 0.3 is 0 Å². The number of nitrogens with zero attached hydrogens (tertiary/aromatic N) is 1. The van der Waals surface area contributed by atoms with Gasteiger partial charge in [-0.05, 0) is 30.5 Å². The van der Waals surface area contributed by atoms with Crippen LogP contribution in [-0.4, -0.2) is 24.9 Å². The molecular formula is C14H20N4O2S. The Hall–Kier alpha value is -1.70. The van der Waals surface area contributed by atoms with E-state index in [1.54, 1.807) is 31.5 Å². The van der Waals surface area contributed by atoms with Crippen molar-refractivity contribution in [3.63, 3.8) is 0 Å². The average molecular weight is 308 g/mol. The lowest BCUT2D eigenvalue weighted by atomic mass is 10.1. The van der Waals surface area contributed by atoms with Crippen LogP contribution in [0.25, 0.3) is 0 Å². The first-order valence-electron chi connectivity index (χ1n) is 6.81. The quantitative estimate of drug-likeness (QED) is 0.666. The van der Waals surface area contributed by atoms with Crippen molar-refractivity contribution in [2.24, 2.45) is 5.73 Å². The molecule has 0 unspecified atom stereocenters. The SMILES string of the molecule is Cc1c(CN)cccc1S(=O)(=O)NCCCc1ncc[nH]1. The van der Waals surface area contributed by atoms with Gasteiger partial charge in [-0.2, -0.15) is 0 Å². The van der Waals surface area contributed by atoms with Crippen molar-refractivity contribution in [3.8, 4) is 0 Å². The zero-order valence-corrected chi connectivity index (χ0v) is 12.8. The number of H-pyrrole nitrogens is 1. The standard InChI is InChI=1S/C14H20N4O2S/c1-11-12(10-15)4-2-5-13(11)21(19,20)18-7-3-6-14-16-8-9-17-14/h2,4-5,8-9,18H,3,6-7,10,15H2,1H3,(H,16,17). The Bertz CT molecular complexity index is 681. The van der Waals surface area contributed by atoms with E-state index in [0.29, 0.717) is 36.4 Å². The molecule has 2 aromatic rings. The van der Waals surface area contributed by atoms with Crippen LogP contribution in [0.3, 0.4) is 0 Å². The van der Waals surface area contributed by atoms with Crippen LogP contribution in [0.15, 0.2) is 35.5 Å². The number of rotatable bonds is 7. The minimum Gasteiger partial charge on any atom is -0.349 e. The van der Waals surface area contributed by atoms with Crippen molar-refractivity contribution in [2.75, 3.05) is 6.54 Å². The van der Waals surface area contributed by atoms with Gasteiger partial charge in [-0.25, -0.2) is 18.1 Å². The number of aromatic nitrogens is 2. The van der Waals surface area contributed by atoms with E-state index in [0.717, 1.165) is 11.4 Å². The Morgan fingerprint density at radius 2 is 2.19 bits per heavy atom. The van der Waals surface area contributed by atoms with E-state index in [-0.39, 0.29) is 0 Å². The number of hydrogen-bond donors (Lipinski definition) is 3. The summed E-state index contributed by atoms with van der Waals surface area (Å²) in [5.41, 5.74) is 7.16. The van der Waals surface area contributed by atoms with E-state index in [4.69, 9.17) is 5.73 Å². The zero-order chi connectivity index (χ0) is 15.3. The van der Waals surface area contributed by atoms with Crippen LogP contribution in [0, 0.1) is 6.92 Å². The van der Waals surface area contributed by atoms with Gasteiger partial charge in [-0.3, -0.25) is 0 Å². The minimum atomic E-state index is -3.50. The first-order chi connectivity index (χ1) is 10.0. The lowest BCUT2D eigenvalue weighted by Crippen LogP contribution is -2.26. The third kappa shape index (κ3) is 3.90. The molecule has 0 aliphatic carbocycles. The van der Waals surface area contributed by atoms with E-state index in [2.05, 4.69) is 14.7 Å². The van der Waals surface area contributed by atoms with Crippen molar-refractivity contribution >= 4 is 10.0 Å². The molecule has 0 radical (unpaired) electrons. The predicted octanol–water partition coefficient (Wildman–Crippen LogP) is 1.09. The Labute approximate surface area is 124 Å². The molecule has 114 valence electrons. The first kappa shape index (κ1) is 15.7. The topological polar surface area (TPSA) is 101 Å². The van der Waals surface area contributed by atoms with Crippen molar-refractivity contribution in [3.05, 3.63) is 47.5 Å². The molecule has 1 aromatic heterocycles. The molecule has 21 heavy (non-hydrogen) atoms. The molecule has 6 nitrogen and oxygen atoms in total. The largest absolute Gasteiger partial charge is 0.349 e. The summed E-state index contributed by atoms with van der Waals surface area (Å²) in [5.74, 6) is 0.857. The Balaban J connectivity index is 1.98. The zero-order valence-electron chi connectivity index (χ0n) is 12.0. The summed E-state index contributed by atoms with van der Waals surface area (Å²) in [6, 6.07) is 5.15.